The number of rotatable bonds is 0. The van der Waals surface area contributed by atoms with Gasteiger partial charge in [0.05, 0.1) is 5.52 Å². The minimum absolute atomic E-state index is 0.613. The molecule has 0 amide bonds. The van der Waals surface area contributed by atoms with Crippen LogP contribution in [0.15, 0.2) is 33.6 Å². The summed E-state index contributed by atoms with van der Waals surface area (Å²) in [6.45, 7) is 0. The van der Waals surface area contributed by atoms with Crippen molar-refractivity contribution in [3.05, 3.63) is 33.6 Å². The van der Waals surface area contributed by atoms with Gasteiger partial charge in [-0.2, -0.15) is 0 Å². The topological polar surface area (TPSA) is 25.8 Å². The molecule has 4 heteroatoms. The average molecular weight is 288 g/mol. The highest BCUT2D eigenvalue weighted by atomic mass is 79.9. The zero-order valence-corrected chi connectivity index (χ0v) is 9.13. The standard InChI is InChI=1S/C8H4Br2N2/c9-6-3-1-2-5-4-11-8(10)12-7(5)6/h1-4H. The van der Waals surface area contributed by atoms with Gasteiger partial charge in [0, 0.05) is 16.1 Å². The van der Waals surface area contributed by atoms with Gasteiger partial charge in [-0.15, -0.1) is 0 Å². The molecule has 0 aliphatic heterocycles. The fraction of sp³-hybridized carbons (Fsp3) is 0. The maximum Gasteiger partial charge on any atom is 0.197 e. The SMILES string of the molecule is Brc1ncc2cccc(Br)c2n1. The molecule has 2 rings (SSSR count). The molecule has 1 aromatic heterocycles. The van der Waals surface area contributed by atoms with Crippen LogP contribution in [0.4, 0.5) is 0 Å². The monoisotopic (exact) mass is 286 g/mol. The number of halogens is 2. The summed E-state index contributed by atoms with van der Waals surface area (Å²) in [7, 11) is 0. The molecule has 0 saturated carbocycles. The maximum absolute atomic E-state index is 4.23. The Hall–Kier alpha value is -0.480. The fourth-order valence-corrected chi connectivity index (χ4v) is 1.75. The van der Waals surface area contributed by atoms with Gasteiger partial charge in [0.25, 0.3) is 0 Å². The normalized spacial score (nSPS) is 10.5. The number of hydrogen-bond donors (Lipinski definition) is 0. The van der Waals surface area contributed by atoms with Crippen molar-refractivity contribution < 1.29 is 0 Å². The molecule has 0 bridgehead atoms. The fourth-order valence-electron chi connectivity index (χ4n) is 0.998. The lowest BCUT2D eigenvalue weighted by Crippen LogP contribution is -1.84. The molecule has 0 N–H and O–H groups in total. The van der Waals surface area contributed by atoms with E-state index >= 15 is 0 Å². The van der Waals surface area contributed by atoms with E-state index in [1.54, 1.807) is 6.20 Å². The number of para-hydroxylation sites is 1. The highest BCUT2D eigenvalue weighted by Crippen LogP contribution is 2.21. The molecule has 0 aliphatic carbocycles. The second-order valence-electron chi connectivity index (χ2n) is 2.32. The number of aromatic nitrogens is 2. The third-order valence-electron chi connectivity index (χ3n) is 1.53. The van der Waals surface area contributed by atoms with Gasteiger partial charge in [0.2, 0.25) is 0 Å². The van der Waals surface area contributed by atoms with Crippen molar-refractivity contribution >= 4 is 42.8 Å². The summed E-state index contributed by atoms with van der Waals surface area (Å²) in [6, 6.07) is 5.90. The molecule has 0 radical (unpaired) electrons. The number of fused-ring (bicyclic) bond motifs is 1. The van der Waals surface area contributed by atoms with Crippen molar-refractivity contribution in [2.24, 2.45) is 0 Å². The van der Waals surface area contributed by atoms with E-state index in [1.165, 1.54) is 0 Å². The first-order valence-corrected chi connectivity index (χ1v) is 4.93. The molecule has 0 fully saturated rings. The average Bonchev–Trinajstić information content (AvgIpc) is 2.07. The Morgan fingerprint density at radius 1 is 1.17 bits per heavy atom. The zero-order chi connectivity index (χ0) is 8.55. The molecular weight excluding hydrogens is 284 g/mol. The third-order valence-corrected chi connectivity index (χ3v) is 2.55. The Bertz CT molecular complexity index is 428. The van der Waals surface area contributed by atoms with Crippen LogP contribution in [-0.2, 0) is 0 Å². The summed E-state index contributed by atoms with van der Waals surface area (Å²) in [4.78, 5) is 8.27. The van der Waals surface area contributed by atoms with Crippen LogP contribution < -0.4 is 0 Å². The van der Waals surface area contributed by atoms with E-state index in [2.05, 4.69) is 41.8 Å². The van der Waals surface area contributed by atoms with Gasteiger partial charge in [0.15, 0.2) is 4.73 Å². The summed E-state index contributed by atoms with van der Waals surface area (Å²) in [5.74, 6) is 0. The van der Waals surface area contributed by atoms with E-state index in [9.17, 15) is 0 Å². The van der Waals surface area contributed by atoms with Crippen LogP contribution >= 0.6 is 31.9 Å². The first kappa shape index (κ1) is 8.13. The van der Waals surface area contributed by atoms with Crippen LogP contribution in [0.25, 0.3) is 10.9 Å². The Morgan fingerprint density at radius 2 is 2.00 bits per heavy atom. The molecule has 1 aromatic carbocycles. The Balaban J connectivity index is 2.88. The van der Waals surface area contributed by atoms with Gasteiger partial charge in [-0.05, 0) is 37.9 Å². The third kappa shape index (κ3) is 1.36. The van der Waals surface area contributed by atoms with Crippen LogP contribution in [-0.4, -0.2) is 9.97 Å². The maximum atomic E-state index is 4.23. The van der Waals surface area contributed by atoms with Crippen molar-refractivity contribution in [2.45, 2.75) is 0 Å². The first-order chi connectivity index (χ1) is 5.77. The minimum atomic E-state index is 0.613. The van der Waals surface area contributed by atoms with Gasteiger partial charge in [-0.25, -0.2) is 9.97 Å². The molecule has 0 unspecified atom stereocenters. The lowest BCUT2D eigenvalue weighted by Gasteiger charge is -1.98. The molecule has 0 atom stereocenters. The van der Waals surface area contributed by atoms with Crippen LogP contribution in [0.5, 0.6) is 0 Å². The molecule has 2 nitrogen and oxygen atoms in total. The van der Waals surface area contributed by atoms with Gasteiger partial charge in [-0.3, -0.25) is 0 Å². The molecular formula is C8H4Br2N2. The smallest absolute Gasteiger partial charge is 0.197 e. The molecule has 12 heavy (non-hydrogen) atoms. The van der Waals surface area contributed by atoms with Crippen molar-refractivity contribution in [3.63, 3.8) is 0 Å². The van der Waals surface area contributed by atoms with E-state index in [0.717, 1.165) is 15.4 Å². The number of nitrogens with zero attached hydrogens (tertiary/aromatic N) is 2. The lowest BCUT2D eigenvalue weighted by atomic mass is 10.2. The van der Waals surface area contributed by atoms with Gasteiger partial charge in [0.1, 0.15) is 0 Å². The van der Waals surface area contributed by atoms with Crippen molar-refractivity contribution in [1.82, 2.24) is 9.97 Å². The largest absolute Gasteiger partial charge is 0.230 e. The second kappa shape index (κ2) is 3.11. The second-order valence-corrected chi connectivity index (χ2v) is 3.88. The predicted molar refractivity (Wildman–Crippen MR) is 54.9 cm³/mol. The van der Waals surface area contributed by atoms with E-state index in [-0.39, 0.29) is 0 Å². The summed E-state index contributed by atoms with van der Waals surface area (Å²) < 4.78 is 1.60. The summed E-state index contributed by atoms with van der Waals surface area (Å²) in [6.07, 6.45) is 1.79. The predicted octanol–water partition coefficient (Wildman–Crippen LogP) is 3.15. The highest BCUT2D eigenvalue weighted by Gasteiger charge is 1.99. The lowest BCUT2D eigenvalue weighted by molar-refractivity contribution is 1.16. The summed E-state index contributed by atoms with van der Waals surface area (Å²) >= 11 is 6.64. The van der Waals surface area contributed by atoms with Crippen molar-refractivity contribution in [1.29, 1.82) is 0 Å². The number of benzene rings is 1. The first-order valence-electron chi connectivity index (χ1n) is 3.34. The quantitative estimate of drug-likeness (QED) is 0.696. The molecule has 1 heterocycles. The van der Waals surface area contributed by atoms with E-state index in [4.69, 9.17) is 0 Å². The Morgan fingerprint density at radius 3 is 2.83 bits per heavy atom. The number of hydrogen-bond acceptors (Lipinski definition) is 2. The van der Waals surface area contributed by atoms with Crippen LogP contribution in [0.3, 0.4) is 0 Å². The molecule has 0 spiro atoms. The molecule has 60 valence electrons. The van der Waals surface area contributed by atoms with E-state index in [1.807, 2.05) is 18.2 Å². The van der Waals surface area contributed by atoms with E-state index in [0.29, 0.717) is 4.73 Å². The van der Waals surface area contributed by atoms with Crippen LogP contribution in [0.2, 0.25) is 0 Å². The summed E-state index contributed by atoms with van der Waals surface area (Å²) in [5.41, 5.74) is 0.930. The van der Waals surface area contributed by atoms with Gasteiger partial charge in [-0.1, -0.05) is 12.1 Å². The van der Waals surface area contributed by atoms with E-state index < -0.39 is 0 Å². The van der Waals surface area contributed by atoms with Crippen LogP contribution in [0.1, 0.15) is 0 Å². The van der Waals surface area contributed by atoms with Crippen molar-refractivity contribution in [3.8, 4) is 0 Å². The Labute approximate surface area is 86.3 Å². The molecule has 2 aromatic rings. The molecule has 0 saturated heterocycles. The zero-order valence-electron chi connectivity index (χ0n) is 5.96. The summed E-state index contributed by atoms with van der Waals surface area (Å²) in [5, 5.41) is 1.03. The van der Waals surface area contributed by atoms with Crippen molar-refractivity contribution in [2.75, 3.05) is 0 Å². The van der Waals surface area contributed by atoms with Crippen LogP contribution in [0, 0.1) is 0 Å². The van der Waals surface area contributed by atoms with Gasteiger partial charge < -0.3 is 0 Å². The highest BCUT2D eigenvalue weighted by molar-refractivity contribution is 9.11. The Kier molecular flexibility index (Phi) is 2.11. The molecule has 0 aliphatic rings. The minimum Gasteiger partial charge on any atom is -0.230 e. The van der Waals surface area contributed by atoms with Gasteiger partial charge >= 0.3 is 0 Å².